The van der Waals surface area contributed by atoms with Gasteiger partial charge >= 0.3 is 0 Å². The summed E-state index contributed by atoms with van der Waals surface area (Å²) in [6, 6.07) is -0.546. The van der Waals surface area contributed by atoms with Crippen LogP contribution in [0.4, 0.5) is 0 Å². The number of nitrogens with one attached hydrogen (secondary N) is 1. The van der Waals surface area contributed by atoms with E-state index in [1.165, 1.54) is 0 Å². The lowest BCUT2D eigenvalue weighted by molar-refractivity contribution is -0.135. The van der Waals surface area contributed by atoms with Gasteiger partial charge in [0.25, 0.3) is 0 Å². The van der Waals surface area contributed by atoms with Crippen molar-refractivity contribution < 1.29 is 19.1 Å². The molecule has 6 heteroatoms. The second-order valence-electron chi connectivity index (χ2n) is 4.48. The molecule has 0 spiro atoms. The summed E-state index contributed by atoms with van der Waals surface area (Å²) in [5.74, 6) is -0.130. The van der Waals surface area contributed by atoms with Crippen molar-refractivity contribution in [1.29, 1.82) is 0 Å². The van der Waals surface area contributed by atoms with Crippen molar-refractivity contribution in [3.63, 3.8) is 0 Å². The zero-order chi connectivity index (χ0) is 13.5. The molecule has 0 aliphatic carbocycles. The van der Waals surface area contributed by atoms with Crippen LogP contribution in [-0.4, -0.2) is 62.3 Å². The first-order valence-electron chi connectivity index (χ1n) is 6.22. The Hall–Kier alpha value is -1.14. The first-order chi connectivity index (χ1) is 8.56. The van der Waals surface area contributed by atoms with Gasteiger partial charge < -0.3 is 19.7 Å². The molecular formula is C12H22N2O4. The summed E-state index contributed by atoms with van der Waals surface area (Å²) in [5, 5.41) is 2.67. The zero-order valence-corrected chi connectivity index (χ0v) is 11.3. The molecule has 0 aromatic carbocycles. The molecule has 104 valence electrons. The molecule has 0 aromatic rings. The van der Waals surface area contributed by atoms with Crippen molar-refractivity contribution in [2.75, 3.05) is 33.5 Å². The maximum absolute atomic E-state index is 12.1. The first-order valence-corrected chi connectivity index (χ1v) is 6.22. The fourth-order valence-electron chi connectivity index (χ4n) is 1.94. The highest BCUT2D eigenvalue weighted by molar-refractivity contribution is 5.90. The Morgan fingerprint density at radius 1 is 1.28 bits per heavy atom. The molecule has 0 radical (unpaired) electrons. The molecule has 18 heavy (non-hydrogen) atoms. The molecule has 1 aliphatic heterocycles. The Labute approximate surface area is 108 Å². The number of carbonyl (C=O) groups excluding carboxylic acids is 2. The van der Waals surface area contributed by atoms with E-state index in [-0.39, 0.29) is 17.9 Å². The number of hydrogen-bond donors (Lipinski definition) is 1. The highest BCUT2D eigenvalue weighted by Crippen LogP contribution is 2.10. The number of rotatable bonds is 6. The van der Waals surface area contributed by atoms with Crippen molar-refractivity contribution >= 4 is 11.8 Å². The summed E-state index contributed by atoms with van der Waals surface area (Å²) in [5.41, 5.74) is 0. The summed E-state index contributed by atoms with van der Waals surface area (Å²) < 4.78 is 10.2. The molecular weight excluding hydrogens is 236 g/mol. The van der Waals surface area contributed by atoms with Gasteiger partial charge in [-0.3, -0.25) is 9.59 Å². The van der Waals surface area contributed by atoms with Gasteiger partial charge in [-0.25, -0.2) is 0 Å². The van der Waals surface area contributed by atoms with Crippen molar-refractivity contribution in [2.45, 2.75) is 32.4 Å². The van der Waals surface area contributed by atoms with Gasteiger partial charge in [0.2, 0.25) is 11.8 Å². The first kappa shape index (κ1) is 14.9. The van der Waals surface area contributed by atoms with Gasteiger partial charge in [-0.05, 0) is 13.8 Å². The molecule has 1 aliphatic rings. The maximum Gasteiger partial charge on any atom is 0.245 e. The van der Waals surface area contributed by atoms with Crippen molar-refractivity contribution in [3.8, 4) is 0 Å². The van der Waals surface area contributed by atoms with Crippen LogP contribution >= 0.6 is 0 Å². The van der Waals surface area contributed by atoms with Gasteiger partial charge in [0, 0.05) is 26.1 Å². The lowest BCUT2D eigenvalue weighted by atomic mass is 10.2. The van der Waals surface area contributed by atoms with Gasteiger partial charge in [-0.15, -0.1) is 0 Å². The number of nitrogens with zero attached hydrogens (tertiary/aromatic N) is 1. The van der Waals surface area contributed by atoms with Gasteiger partial charge in [0.15, 0.2) is 0 Å². The Morgan fingerprint density at radius 3 is 2.67 bits per heavy atom. The van der Waals surface area contributed by atoms with Crippen LogP contribution in [0.1, 0.15) is 20.3 Å². The highest BCUT2D eigenvalue weighted by Gasteiger charge is 2.30. The summed E-state index contributed by atoms with van der Waals surface area (Å²) in [7, 11) is 1.61. The molecule has 1 saturated heterocycles. The summed E-state index contributed by atoms with van der Waals surface area (Å²) >= 11 is 0. The van der Waals surface area contributed by atoms with Crippen molar-refractivity contribution in [3.05, 3.63) is 0 Å². The molecule has 6 nitrogen and oxygen atoms in total. The van der Waals surface area contributed by atoms with Crippen molar-refractivity contribution in [2.24, 2.45) is 0 Å². The van der Waals surface area contributed by atoms with Gasteiger partial charge in [-0.1, -0.05) is 0 Å². The van der Waals surface area contributed by atoms with Gasteiger partial charge in [-0.2, -0.15) is 0 Å². The fraction of sp³-hybridized carbons (Fsp3) is 0.833. The largest absolute Gasteiger partial charge is 0.382 e. The summed E-state index contributed by atoms with van der Waals surface area (Å²) in [6.45, 7) is 5.60. The number of methoxy groups -OCH3 is 1. The van der Waals surface area contributed by atoms with Crippen LogP contribution in [0, 0.1) is 0 Å². The average Bonchev–Trinajstić information content (AvgIpc) is 2.39. The SMILES string of the molecule is COCCOCCN1C(=O)C(C)NC(=O)CC1C. The molecule has 1 fully saturated rings. The lowest BCUT2D eigenvalue weighted by Crippen LogP contribution is -2.46. The lowest BCUT2D eigenvalue weighted by Gasteiger charge is -2.27. The van der Waals surface area contributed by atoms with E-state index in [0.29, 0.717) is 32.8 Å². The van der Waals surface area contributed by atoms with Gasteiger partial charge in [0.05, 0.1) is 19.8 Å². The molecule has 2 unspecified atom stereocenters. The molecule has 0 saturated carbocycles. The number of carbonyl (C=O) groups is 2. The van der Waals surface area contributed by atoms with Crippen LogP contribution in [0.15, 0.2) is 0 Å². The molecule has 0 bridgehead atoms. The van der Waals surface area contributed by atoms with E-state index < -0.39 is 6.04 Å². The maximum atomic E-state index is 12.1. The molecule has 1 heterocycles. The quantitative estimate of drug-likeness (QED) is 0.669. The Kier molecular flexibility index (Phi) is 6.07. The van der Waals surface area contributed by atoms with Crippen LogP contribution in [0.3, 0.4) is 0 Å². The molecule has 1 rings (SSSR count). The Balaban J connectivity index is 2.45. The normalized spacial score (nSPS) is 24.9. The van der Waals surface area contributed by atoms with E-state index in [0.717, 1.165) is 0 Å². The van der Waals surface area contributed by atoms with Gasteiger partial charge in [0.1, 0.15) is 6.04 Å². The average molecular weight is 258 g/mol. The fourth-order valence-corrected chi connectivity index (χ4v) is 1.94. The van der Waals surface area contributed by atoms with E-state index in [9.17, 15) is 9.59 Å². The molecule has 2 atom stereocenters. The minimum Gasteiger partial charge on any atom is -0.382 e. The third kappa shape index (κ3) is 4.27. The molecule has 1 N–H and O–H groups in total. The van der Waals surface area contributed by atoms with Crippen LogP contribution < -0.4 is 5.32 Å². The second kappa shape index (κ2) is 7.33. The van der Waals surface area contributed by atoms with Crippen LogP contribution in [0.25, 0.3) is 0 Å². The monoisotopic (exact) mass is 258 g/mol. The van der Waals surface area contributed by atoms with E-state index >= 15 is 0 Å². The van der Waals surface area contributed by atoms with Crippen molar-refractivity contribution in [1.82, 2.24) is 10.2 Å². The van der Waals surface area contributed by atoms with Crippen LogP contribution in [0.2, 0.25) is 0 Å². The predicted molar refractivity (Wildman–Crippen MR) is 66.1 cm³/mol. The third-order valence-corrected chi connectivity index (χ3v) is 2.95. The molecule has 0 aromatic heterocycles. The Morgan fingerprint density at radius 2 is 2.00 bits per heavy atom. The predicted octanol–water partition coefficient (Wildman–Crippen LogP) is -0.225. The number of hydrogen-bond acceptors (Lipinski definition) is 4. The zero-order valence-electron chi connectivity index (χ0n) is 11.3. The second-order valence-corrected chi connectivity index (χ2v) is 4.48. The highest BCUT2D eigenvalue weighted by atomic mass is 16.5. The third-order valence-electron chi connectivity index (χ3n) is 2.95. The topological polar surface area (TPSA) is 67.9 Å². The van der Waals surface area contributed by atoms with E-state index in [1.54, 1.807) is 18.9 Å². The minimum atomic E-state index is -0.457. The van der Waals surface area contributed by atoms with E-state index in [1.807, 2.05) is 6.92 Å². The van der Waals surface area contributed by atoms with E-state index in [4.69, 9.17) is 9.47 Å². The molecule has 2 amide bonds. The standard InChI is InChI=1S/C12H22N2O4/c1-9-8-11(15)13-10(2)12(16)14(9)4-5-18-7-6-17-3/h9-10H,4-8H2,1-3H3,(H,13,15). The summed E-state index contributed by atoms with van der Waals surface area (Å²) in [6.07, 6.45) is 0.341. The number of amides is 2. The van der Waals surface area contributed by atoms with E-state index in [2.05, 4.69) is 5.32 Å². The smallest absolute Gasteiger partial charge is 0.245 e. The summed E-state index contributed by atoms with van der Waals surface area (Å²) in [4.78, 5) is 25.2. The van der Waals surface area contributed by atoms with Crippen LogP contribution in [-0.2, 0) is 19.1 Å². The van der Waals surface area contributed by atoms with Crippen LogP contribution in [0.5, 0.6) is 0 Å². The minimum absolute atomic E-state index is 0.0521. The number of ether oxygens (including phenoxy) is 2. The Bertz CT molecular complexity index is 296.